The first kappa shape index (κ1) is 24.4. The van der Waals surface area contributed by atoms with E-state index in [0.717, 1.165) is 5.56 Å². The lowest BCUT2D eigenvalue weighted by Crippen LogP contribution is -2.50. The smallest absolute Gasteiger partial charge is 0.259 e. The van der Waals surface area contributed by atoms with Gasteiger partial charge < -0.3 is 19.6 Å². The highest BCUT2D eigenvalue weighted by molar-refractivity contribution is 5.97. The van der Waals surface area contributed by atoms with Crippen LogP contribution < -0.4 is 4.74 Å². The average Bonchev–Trinajstić information content (AvgIpc) is 2.80. The molecule has 0 saturated carbocycles. The summed E-state index contributed by atoms with van der Waals surface area (Å²) in [6, 6.07) is 6.86. The van der Waals surface area contributed by atoms with E-state index in [4.69, 9.17) is 4.74 Å². The quantitative estimate of drug-likeness (QED) is 0.723. The molecule has 176 valence electrons. The number of fused-ring (bicyclic) bond motifs is 1. The van der Waals surface area contributed by atoms with Crippen molar-refractivity contribution in [3.8, 4) is 5.88 Å². The van der Waals surface area contributed by atoms with E-state index >= 15 is 0 Å². The van der Waals surface area contributed by atoms with E-state index in [1.54, 1.807) is 37.2 Å². The number of halogens is 1. The molecule has 1 aliphatic heterocycles. The van der Waals surface area contributed by atoms with E-state index in [1.165, 1.54) is 23.1 Å². The van der Waals surface area contributed by atoms with Crippen LogP contribution >= 0.6 is 0 Å². The second kappa shape index (κ2) is 10.6. The number of nitrogens with zero attached hydrogens (tertiary/aromatic N) is 3. The van der Waals surface area contributed by atoms with Crippen molar-refractivity contribution >= 4 is 17.9 Å². The number of carbonyl (C=O) groups excluding carboxylic acids is 2. The highest BCUT2D eigenvalue weighted by Crippen LogP contribution is 2.28. The lowest BCUT2D eigenvalue weighted by atomic mass is 9.99. The maximum absolute atomic E-state index is 13.6. The summed E-state index contributed by atoms with van der Waals surface area (Å²) in [6.45, 7) is 5.95. The third kappa shape index (κ3) is 5.57. The second-order valence-electron chi connectivity index (χ2n) is 8.44. The number of ether oxygens (including phenoxy) is 1. The first-order valence-electron chi connectivity index (χ1n) is 11.0. The van der Waals surface area contributed by atoms with Crippen molar-refractivity contribution < 1.29 is 23.8 Å². The molecule has 0 radical (unpaired) electrons. The van der Waals surface area contributed by atoms with Gasteiger partial charge in [-0.05, 0) is 43.7 Å². The van der Waals surface area contributed by atoms with Gasteiger partial charge in [0.1, 0.15) is 17.5 Å². The molecular formula is C25H30FN3O4. The number of aliphatic hydroxyl groups excluding tert-OH is 1. The van der Waals surface area contributed by atoms with Crippen LogP contribution in [0.4, 0.5) is 4.39 Å². The van der Waals surface area contributed by atoms with E-state index < -0.39 is 18.0 Å². The number of pyridine rings is 1. The van der Waals surface area contributed by atoms with Crippen LogP contribution in [0.2, 0.25) is 0 Å². The molecule has 1 aliphatic rings. The molecule has 7 nitrogen and oxygen atoms in total. The number of aliphatic hydroxyl groups is 1. The van der Waals surface area contributed by atoms with Crippen LogP contribution in [0.15, 0.2) is 42.6 Å². The zero-order valence-corrected chi connectivity index (χ0v) is 19.4. The molecule has 8 heteroatoms. The number of hydrogen-bond acceptors (Lipinski definition) is 5. The first-order chi connectivity index (χ1) is 15.7. The number of aromatic nitrogens is 1. The molecule has 1 aromatic carbocycles. The second-order valence-corrected chi connectivity index (χ2v) is 8.44. The van der Waals surface area contributed by atoms with Crippen molar-refractivity contribution in [3.63, 3.8) is 0 Å². The topological polar surface area (TPSA) is 83.0 Å². The molecule has 3 atom stereocenters. The van der Waals surface area contributed by atoms with Gasteiger partial charge in [0.05, 0.1) is 19.2 Å². The summed E-state index contributed by atoms with van der Waals surface area (Å²) >= 11 is 0. The molecule has 1 aromatic heterocycles. The van der Waals surface area contributed by atoms with Gasteiger partial charge in [-0.2, -0.15) is 0 Å². The van der Waals surface area contributed by atoms with Crippen LogP contribution in [-0.2, 0) is 0 Å². The van der Waals surface area contributed by atoms with Gasteiger partial charge >= 0.3 is 0 Å². The summed E-state index contributed by atoms with van der Waals surface area (Å²) in [4.78, 5) is 33.6. The molecule has 0 saturated heterocycles. The number of carbonyl (C=O) groups is 2. The van der Waals surface area contributed by atoms with Crippen LogP contribution in [0.3, 0.4) is 0 Å². The summed E-state index contributed by atoms with van der Waals surface area (Å²) < 4.78 is 19.8. The van der Waals surface area contributed by atoms with Crippen LogP contribution in [0.1, 0.15) is 47.1 Å². The van der Waals surface area contributed by atoms with Gasteiger partial charge in [-0.15, -0.1) is 0 Å². The zero-order valence-electron chi connectivity index (χ0n) is 19.4. The number of likely N-dealkylation sites (N-methyl/N-ethyl adjacent to an activating group) is 1. The fraction of sp³-hybridized carbons (Fsp3) is 0.400. The zero-order chi connectivity index (χ0) is 24.1. The molecule has 2 aromatic rings. The van der Waals surface area contributed by atoms with Crippen molar-refractivity contribution in [2.45, 2.75) is 32.9 Å². The van der Waals surface area contributed by atoms with Crippen molar-refractivity contribution in [3.05, 3.63) is 65.1 Å². The molecule has 3 rings (SSSR count). The molecule has 2 heterocycles. The van der Waals surface area contributed by atoms with E-state index in [-0.39, 0.29) is 42.3 Å². The first-order valence-corrected chi connectivity index (χ1v) is 11.0. The third-order valence-electron chi connectivity index (χ3n) is 5.77. The number of rotatable bonds is 6. The maximum Gasteiger partial charge on any atom is 0.259 e. The Labute approximate surface area is 193 Å². The lowest BCUT2D eigenvalue weighted by Gasteiger charge is -2.37. The largest absolute Gasteiger partial charge is 0.472 e. The number of hydrogen-bond donors (Lipinski definition) is 1. The molecule has 0 aliphatic carbocycles. The average molecular weight is 456 g/mol. The normalized spacial score (nSPS) is 19.5. The predicted octanol–water partition coefficient (Wildman–Crippen LogP) is 3.25. The van der Waals surface area contributed by atoms with E-state index in [2.05, 4.69) is 4.98 Å². The van der Waals surface area contributed by atoms with Gasteiger partial charge in [0.2, 0.25) is 5.88 Å². The van der Waals surface area contributed by atoms with Gasteiger partial charge in [0.15, 0.2) is 0 Å². The van der Waals surface area contributed by atoms with Crippen LogP contribution in [-0.4, -0.2) is 70.6 Å². The number of amides is 2. The van der Waals surface area contributed by atoms with Gasteiger partial charge in [0.25, 0.3) is 11.8 Å². The molecule has 33 heavy (non-hydrogen) atoms. The molecule has 0 spiro atoms. The Morgan fingerprint density at radius 2 is 2.18 bits per heavy atom. The predicted molar refractivity (Wildman–Crippen MR) is 123 cm³/mol. The third-order valence-corrected chi connectivity index (χ3v) is 5.77. The van der Waals surface area contributed by atoms with Crippen molar-refractivity contribution in [2.75, 3.05) is 26.7 Å². The van der Waals surface area contributed by atoms with Crippen molar-refractivity contribution in [2.24, 2.45) is 5.92 Å². The minimum atomic E-state index is -0.480. The Kier molecular flexibility index (Phi) is 7.81. The minimum absolute atomic E-state index is 0.170. The van der Waals surface area contributed by atoms with Gasteiger partial charge in [-0.3, -0.25) is 9.59 Å². The van der Waals surface area contributed by atoms with Crippen LogP contribution in [0.25, 0.3) is 6.08 Å². The molecular weight excluding hydrogens is 425 g/mol. The molecule has 0 fully saturated rings. The van der Waals surface area contributed by atoms with Crippen molar-refractivity contribution in [1.29, 1.82) is 0 Å². The summed E-state index contributed by atoms with van der Waals surface area (Å²) in [5, 5.41) is 9.74. The molecule has 0 bridgehead atoms. The monoisotopic (exact) mass is 455 g/mol. The van der Waals surface area contributed by atoms with E-state index in [1.807, 2.05) is 26.0 Å². The molecule has 2 amide bonds. The summed E-state index contributed by atoms with van der Waals surface area (Å²) in [5.41, 5.74) is 1.31. The number of benzene rings is 1. The molecule has 1 N–H and O–H groups in total. The Bertz CT molecular complexity index is 1040. The van der Waals surface area contributed by atoms with Crippen molar-refractivity contribution in [1.82, 2.24) is 14.8 Å². The van der Waals surface area contributed by atoms with Gasteiger partial charge in [-0.25, -0.2) is 9.37 Å². The summed E-state index contributed by atoms with van der Waals surface area (Å²) in [7, 11) is 1.63. The Balaban J connectivity index is 1.93. The highest BCUT2D eigenvalue weighted by Gasteiger charge is 2.34. The Hall–Kier alpha value is -3.26. The van der Waals surface area contributed by atoms with Crippen LogP contribution in [0.5, 0.6) is 5.88 Å². The fourth-order valence-corrected chi connectivity index (χ4v) is 3.81. The molecule has 0 unspecified atom stereocenters. The highest BCUT2D eigenvalue weighted by atomic mass is 19.1. The summed E-state index contributed by atoms with van der Waals surface area (Å²) in [5.74, 6) is -1.06. The van der Waals surface area contributed by atoms with Gasteiger partial charge in [-0.1, -0.05) is 25.1 Å². The summed E-state index contributed by atoms with van der Waals surface area (Å²) in [6.07, 6.45) is 4.83. The van der Waals surface area contributed by atoms with E-state index in [9.17, 15) is 19.1 Å². The fourth-order valence-electron chi connectivity index (χ4n) is 3.81. The Morgan fingerprint density at radius 1 is 1.42 bits per heavy atom. The Morgan fingerprint density at radius 3 is 2.85 bits per heavy atom. The van der Waals surface area contributed by atoms with Crippen LogP contribution in [0, 0.1) is 11.7 Å². The van der Waals surface area contributed by atoms with Gasteiger partial charge in [0, 0.05) is 31.3 Å². The lowest BCUT2D eigenvalue weighted by molar-refractivity contribution is 0.0313. The van der Waals surface area contributed by atoms with E-state index in [0.29, 0.717) is 12.1 Å². The minimum Gasteiger partial charge on any atom is -0.472 e. The maximum atomic E-state index is 13.6. The SMILES string of the molecule is CC=Cc1cnc2c(c1)C(=O)N([C@H](C)CO)C[C@H](C)[C@H](CN(C)C(=O)c1cccc(F)c1)O2. The number of allylic oxidation sites excluding steroid dienone is 1. The standard InChI is InChI=1S/C25H30FN3O4/c1-5-7-18-10-21-23(27-12-18)33-22(16(2)13-29(25(21)32)17(3)15-30)14-28(4)24(31)19-8-6-9-20(26)11-19/h5-12,16-17,22,30H,13-15H2,1-4H3/t16-,17+,22-/m0/s1.